The van der Waals surface area contributed by atoms with Crippen LogP contribution in [0.4, 0.5) is 17.2 Å². The van der Waals surface area contributed by atoms with Crippen LogP contribution in [0.15, 0.2) is 65.8 Å². The Morgan fingerprint density at radius 3 is 2.75 bits per heavy atom. The van der Waals surface area contributed by atoms with E-state index in [1.165, 1.54) is 11.3 Å². The van der Waals surface area contributed by atoms with Gasteiger partial charge in [-0.3, -0.25) is 0 Å². The monoisotopic (exact) mass is 449 g/mol. The van der Waals surface area contributed by atoms with E-state index in [1.807, 2.05) is 36.4 Å². The molecule has 1 aromatic heterocycles. The van der Waals surface area contributed by atoms with Gasteiger partial charge in [0, 0.05) is 43.2 Å². The fraction of sp³-hybridized carbons (Fsp3) is 0.333. The normalized spacial score (nSPS) is 20.3. The van der Waals surface area contributed by atoms with Gasteiger partial charge in [0.2, 0.25) is 0 Å². The average Bonchev–Trinajstić information content (AvgIpc) is 3.16. The fourth-order valence-electron chi connectivity index (χ4n) is 4.38. The lowest BCUT2D eigenvalue weighted by molar-refractivity contribution is 0.143. The largest absolute Gasteiger partial charge is 0.436 e. The summed E-state index contributed by atoms with van der Waals surface area (Å²) < 4.78 is 11.5. The van der Waals surface area contributed by atoms with Crippen LogP contribution in [0, 0.1) is 5.92 Å². The van der Waals surface area contributed by atoms with Crippen molar-refractivity contribution in [2.24, 2.45) is 11.7 Å². The predicted molar refractivity (Wildman–Crippen MR) is 128 cm³/mol. The van der Waals surface area contributed by atoms with Gasteiger partial charge in [-0.25, -0.2) is 9.97 Å². The van der Waals surface area contributed by atoms with E-state index in [9.17, 15) is 0 Å². The summed E-state index contributed by atoms with van der Waals surface area (Å²) in [6, 6.07) is 16.2. The molecule has 32 heavy (non-hydrogen) atoms. The Labute approximate surface area is 192 Å². The molecule has 3 aromatic rings. The number of nitrogens with two attached hydrogens (primary N) is 1. The first-order valence-electron chi connectivity index (χ1n) is 10.9. The number of piperidine rings is 1. The molecule has 0 spiro atoms. The van der Waals surface area contributed by atoms with E-state index in [2.05, 4.69) is 31.9 Å². The van der Waals surface area contributed by atoms with Gasteiger partial charge in [0.1, 0.15) is 11.2 Å². The fourth-order valence-corrected chi connectivity index (χ4v) is 5.43. The Balaban J connectivity index is 1.34. The Morgan fingerprint density at radius 2 is 1.91 bits per heavy atom. The highest BCUT2D eigenvalue weighted by Crippen LogP contribution is 2.45. The van der Waals surface area contributed by atoms with E-state index in [0.717, 1.165) is 49.1 Å². The van der Waals surface area contributed by atoms with Crippen LogP contribution < -0.4 is 20.3 Å². The Morgan fingerprint density at radius 1 is 1.09 bits per heavy atom. The molecule has 0 aliphatic carbocycles. The number of hydrogen-bond donors (Lipinski definition) is 1. The highest BCUT2D eigenvalue weighted by atomic mass is 32.2. The first-order valence-corrected chi connectivity index (χ1v) is 11.7. The average molecular weight is 450 g/mol. The van der Waals surface area contributed by atoms with Crippen molar-refractivity contribution in [1.29, 1.82) is 0 Å². The summed E-state index contributed by atoms with van der Waals surface area (Å²) in [5.74, 6) is 2.52. The number of anilines is 3. The van der Waals surface area contributed by atoms with Gasteiger partial charge >= 0.3 is 0 Å². The van der Waals surface area contributed by atoms with Crippen molar-refractivity contribution in [2.75, 3.05) is 36.6 Å². The number of thioether (sulfide) groups is 1. The lowest BCUT2D eigenvalue weighted by atomic mass is 9.99. The zero-order valence-corrected chi connectivity index (χ0v) is 18.9. The second-order valence-electron chi connectivity index (χ2n) is 8.04. The number of hydrogen-bond acceptors (Lipinski definition) is 8. The van der Waals surface area contributed by atoms with Crippen LogP contribution in [0.5, 0.6) is 11.6 Å². The maximum atomic E-state index is 6.38. The lowest BCUT2D eigenvalue weighted by Crippen LogP contribution is -2.37. The molecule has 3 heterocycles. The number of rotatable bonds is 6. The van der Waals surface area contributed by atoms with Crippen LogP contribution in [0.25, 0.3) is 0 Å². The van der Waals surface area contributed by atoms with E-state index in [4.69, 9.17) is 15.2 Å². The van der Waals surface area contributed by atoms with Crippen molar-refractivity contribution >= 4 is 29.0 Å². The second kappa shape index (κ2) is 9.36. The van der Waals surface area contributed by atoms with Gasteiger partial charge in [0.05, 0.1) is 12.3 Å². The molecule has 2 aliphatic heterocycles. The topological polar surface area (TPSA) is 76.7 Å². The molecule has 2 aromatic carbocycles. The van der Waals surface area contributed by atoms with Crippen molar-refractivity contribution in [3.05, 3.63) is 60.9 Å². The predicted octanol–water partition coefficient (Wildman–Crippen LogP) is 4.62. The summed E-state index contributed by atoms with van der Waals surface area (Å²) in [7, 11) is 1.76. The Kier molecular flexibility index (Phi) is 6.16. The number of benzene rings is 2. The maximum absolute atomic E-state index is 6.38. The molecule has 2 N–H and O–H groups in total. The maximum Gasteiger partial charge on any atom is 0.263 e. The molecule has 0 saturated carbocycles. The third-order valence-corrected chi connectivity index (χ3v) is 6.88. The molecule has 0 radical (unpaired) electrons. The minimum atomic E-state index is -0.148. The molecular weight excluding hydrogens is 422 g/mol. The first-order chi connectivity index (χ1) is 15.7. The van der Waals surface area contributed by atoms with Gasteiger partial charge in [-0.2, -0.15) is 0 Å². The van der Waals surface area contributed by atoms with E-state index in [-0.39, 0.29) is 5.50 Å². The van der Waals surface area contributed by atoms with Crippen molar-refractivity contribution in [3.8, 4) is 11.6 Å². The zero-order chi connectivity index (χ0) is 21.9. The lowest BCUT2D eigenvalue weighted by Gasteiger charge is -2.33. The van der Waals surface area contributed by atoms with E-state index in [0.29, 0.717) is 11.8 Å². The van der Waals surface area contributed by atoms with Gasteiger partial charge in [-0.15, -0.1) is 0 Å². The van der Waals surface area contributed by atoms with Crippen molar-refractivity contribution in [2.45, 2.75) is 23.2 Å². The highest BCUT2D eigenvalue weighted by Gasteiger charge is 2.28. The number of para-hydroxylation sites is 1. The third kappa shape index (κ3) is 4.26. The molecule has 0 bridgehead atoms. The number of ether oxygens (including phenoxy) is 2. The van der Waals surface area contributed by atoms with Crippen molar-refractivity contribution in [1.82, 2.24) is 9.97 Å². The molecule has 2 aliphatic rings. The van der Waals surface area contributed by atoms with Gasteiger partial charge in [-0.1, -0.05) is 23.9 Å². The molecular formula is C24H27N5O2S. The SMILES string of the molecule is COCC1CCCN(c2nccnc2Oc2ccc(N3c4ccccc4SC3N)cc2)C1. The summed E-state index contributed by atoms with van der Waals surface area (Å²) in [5.41, 5.74) is 8.39. The van der Waals surface area contributed by atoms with Crippen LogP contribution >= 0.6 is 11.8 Å². The van der Waals surface area contributed by atoms with Gasteiger partial charge in [0.15, 0.2) is 5.82 Å². The van der Waals surface area contributed by atoms with E-state index >= 15 is 0 Å². The summed E-state index contributed by atoms with van der Waals surface area (Å²) >= 11 is 1.66. The van der Waals surface area contributed by atoms with Gasteiger partial charge in [-0.05, 0) is 55.2 Å². The first kappa shape index (κ1) is 21.1. The van der Waals surface area contributed by atoms with Crippen LogP contribution in [-0.4, -0.2) is 42.3 Å². The smallest absolute Gasteiger partial charge is 0.263 e. The standard InChI is InChI=1S/C24H27N5O2S/c1-30-16-17-5-4-14-28(15-17)22-23(27-13-12-26-22)31-19-10-8-18(9-11-19)29-20-6-2-3-7-21(20)32-24(29)25/h2-3,6-13,17,24H,4-5,14-16,25H2,1H3. The molecule has 2 unspecified atom stereocenters. The summed E-state index contributed by atoms with van der Waals surface area (Å²) in [6.07, 6.45) is 5.66. The quantitative estimate of drug-likeness (QED) is 0.584. The van der Waals surface area contributed by atoms with Crippen molar-refractivity contribution in [3.63, 3.8) is 0 Å². The number of nitrogens with zero attached hydrogens (tertiary/aromatic N) is 4. The van der Waals surface area contributed by atoms with Gasteiger partial charge in [0.25, 0.3) is 5.88 Å². The Hall–Kier alpha value is -2.81. The third-order valence-electron chi connectivity index (χ3n) is 5.82. The molecule has 8 heteroatoms. The van der Waals surface area contributed by atoms with Crippen molar-refractivity contribution < 1.29 is 9.47 Å². The number of fused-ring (bicyclic) bond motifs is 1. The van der Waals surface area contributed by atoms with E-state index < -0.39 is 0 Å². The summed E-state index contributed by atoms with van der Waals surface area (Å²) in [5, 5.41) is 0. The zero-order valence-electron chi connectivity index (χ0n) is 18.1. The molecule has 1 saturated heterocycles. The van der Waals surface area contributed by atoms with Crippen LogP contribution in [0.1, 0.15) is 12.8 Å². The number of methoxy groups -OCH3 is 1. The van der Waals surface area contributed by atoms with Crippen LogP contribution in [-0.2, 0) is 4.74 Å². The van der Waals surface area contributed by atoms with Crippen LogP contribution in [0.3, 0.4) is 0 Å². The molecule has 2 atom stereocenters. The highest BCUT2D eigenvalue weighted by molar-refractivity contribution is 8.00. The molecule has 166 valence electrons. The van der Waals surface area contributed by atoms with Gasteiger partial charge < -0.3 is 25.0 Å². The Bertz CT molecular complexity index is 1060. The molecule has 0 amide bonds. The molecule has 1 fully saturated rings. The number of aromatic nitrogens is 2. The summed E-state index contributed by atoms with van der Waals surface area (Å²) in [6.45, 7) is 2.60. The minimum absolute atomic E-state index is 0.148. The van der Waals surface area contributed by atoms with Crippen LogP contribution in [0.2, 0.25) is 0 Å². The summed E-state index contributed by atoms with van der Waals surface area (Å²) in [4.78, 5) is 14.6. The molecule has 7 nitrogen and oxygen atoms in total. The minimum Gasteiger partial charge on any atom is -0.436 e. The molecule has 5 rings (SSSR count). The van der Waals surface area contributed by atoms with E-state index in [1.54, 1.807) is 31.3 Å². The second-order valence-corrected chi connectivity index (χ2v) is 9.20.